The van der Waals surface area contributed by atoms with E-state index in [1.165, 1.54) is 12.8 Å². The molecule has 1 aromatic heterocycles. The average molecular weight is 242 g/mol. The van der Waals surface area contributed by atoms with E-state index in [2.05, 4.69) is 45.1 Å². The highest BCUT2D eigenvalue weighted by Gasteiger charge is 2.13. The van der Waals surface area contributed by atoms with E-state index >= 15 is 0 Å². The average Bonchev–Trinajstić information content (AvgIpc) is 3.10. The summed E-state index contributed by atoms with van der Waals surface area (Å²) in [6.07, 6.45) is 4.34. The number of aromatic nitrogens is 2. The molecule has 94 valence electrons. The van der Waals surface area contributed by atoms with Crippen LogP contribution >= 0.6 is 0 Å². The Morgan fingerprint density at radius 2 is 2.33 bits per heavy atom. The van der Waals surface area contributed by atoms with Crippen LogP contribution in [0.4, 0.5) is 5.69 Å². The lowest BCUT2D eigenvalue weighted by Gasteiger charge is -2.13. The molecule has 1 saturated heterocycles. The summed E-state index contributed by atoms with van der Waals surface area (Å²) < 4.78 is 0. The molecular weight excluding hydrogens is 224 g/mol. The van der Waals surface area contributed by atoms with Crippen molar-refractivity contribution in [2.24, 2.45) is 0 Å². The summed E-state index contributed by atoms with van der Waals surface area (Å²) in [5, 5.41) is 14.0. The van der Waals surface area contributed by atoms with Crippen molar-refractivity contribution in [1.29, 1.82) is 0 Å². The quantitative estimate of drug-likeness (QED) is 0.770. The van der Waals surface area contributed by atoms with Crippen LogP contribution in [-0.2, 0) is 0 Å². The molecule has 0 bridgehead atoms. The number of H-pyrrole nitrogens is 1. The summed E-state index contributed by atoms with van der Waals surface area (Å²) >= 11 is 0. The molecule has 0 radical (unpaired) electrons. The van der Waals surface area contributed by atoms with E-state index in [0.29, 0.717) is 6.04 Å². The maximum absolute atomic E-state index is 3.98. The first kappa shape index (κ1) is 11.3. The minimum Gasteiger partial charge on any atom is -0.383 e. The zero-order chi connectivity index (χ0) is 12.2. The highest BCUT2D eigenvalue weighted by Crippen LogP contribution is 2.20. The van der Waals surface area contributed by atoms with E-state index in [1.807, 2.05) is 6.07 Å². The number of aromatic amines is 1. The van der Waals surface area contributed by atoms with Crippen molar-refractivity contribution in [2.75, 3.05) is 18.4 Å². The van der Waals surface area contributed by atoms with Gasteiger partial charge in [0.15, 0.2) is 0 Å². The van der Waals surface area contributed by atoms with Crippen LogP contribution in [-0.4, -0.2) is 29.3 Å². The van der Waals surface area contributed by atoms with E-state index in [9.17, 15) is 0 Å². The van der Waals surface area contributed by atoms with Crippen molar-refractivity contribution in [2.45, 2.75) is 18.9 Å². The molecule has 0 amide bonds. The Hall–Kier alpha value is -1.81. The van der Waals surface area contributed by atoms with Crippen LogP contribution < -0.4 is 10.6 Å². The van der Waals surface area contributed by atoms with Crippen LogP contribution in [0.1, 0.15) is 12.8 Å². The van der Waals surface area contributed by atoms with E-state index in [-0.39, 0.29) is 0 Å². The van der Waals surface area contributed by atoms with Crippen molar-refractivity contribution in [3.05, 3.63) is 36.5 Å². The SMILES string of the molecule is c1cc(NCC2CCCN2)cc(-c2ccn[nH]2)c1. The highest BCUT2D eigenvalue weighted by atomic mass is 15.1. The Bertz CT molecular complexity index is 486. The maximum Gasteiger partial charge on any atom is 0.0650 e. The Kier molecular flexibility index (Phi) is 3.28. The summed E-state index contributed by atoms with van der Waals surface area (Å²) in [7, 11) is 0. The van der Waals surface area contributed by atoms with Gasteiger partial charge in [-0.2, -0.15) is 5.10 Å². The Morgan fingerprint density at radius 1 is 1.33 bits per heavy atom. The second kappa shape index (κ2) is 5.23. The number of hydrogen-bond acceptors (Lipinski definition) is 3. The van der Waals surface area contributed by atoms with Crippen LogP contribution in [0.15, 0.2) is 36.5 Å². The topological polar surface area (TPSA) is 52.7 Å². The third-order valence-electron chi connectivity index (χ3n) is 3.39. The van der Waals surface area contributed by atoms with Crippen LogP contribution in [0.5, 0.6) is 0 Å². The summed E-state index contributed by atoms with van der Waals surface area (Å²) in [6.45, 7) is 2.15. The van der Waals surface area contributed by atoms with Crippen LogP contribution in [0.2, 0.25) is 0 Å². The van der Waals surface area contributed by atoms with E-state index in [4.69, 9.17) is 0 Å². The Morgan fingerprint density at radius 3 is 3.11 bits per heavy atom. The molecule has 2 heterocycles. The van der Waals surface area contributed by atoms with Crippen molar-refractivity contribution in [1.82, 2.24) is 15.5 Å². The van der Waals surface area contributed by atoms with Gasteiger partial charge in [-0.1, -0.05) is 12.1 Å². The predicted molar refractivity (Wildman–Crippen MR) is 73.5 cm³/mol. The largest absolute Gasteiger partial charge is 0.383 e. The monoisotopic (exact) mass is 242 g/mol. The molecule has 3 rings (SSSR count). The standard InChI is InChI=1S/C14H18N4/c1-3-11(14-6-8-17-18-14)9-12(4-1)16-10-13-5-2-7-15-13/h1,3-4,6,8-9,13,15-16H,2,5,7,10H2,(H,17,18). The van der Waals surface area contributed by atoms with Crippen LogP contribution in [0.3, 0.4) is 0 Å². The lowest BCUT2D eigenvalue weighted by Crippen LogP contribution is -2.29. The number of anilines is 1. The summed E-state index contributed by atoms with van der Waals surface area (Å²) in [5.74, 6) is 0. The van der Waals surface area contributed by atoms with Crippen LogP contribution in [0.25, 0.3) is 11.3 Å². The molecular formula is C14H18N4. The van der Waals surface area contributed by atoms with E-state index in [0.717, 1.165) is 30.0 Å². The van der Waals surface area contributed by atoms with Crippen LogP contribution in [0, 0.1) is 0 Å². The zero-order valence-corrected chi connectivity index (χ0v) is 10.3. The molecule has 3 N–H and O–H groups in total. The molecule has 0 aliphatic carbocycles. The van der Waals surface area contributed by atoms with Gasteiger partial charge in [0.2, 0.25) is 0 Å². The third kappa shape index (κ3) is 2.54. The van der Waals surface area contributed by atoms with Gasteiger partial charge < -0.3 is 10.6 Å². The molecule has 1 aliphatic rings. The van der Waals surface area contributed by atoms with Gasteiger partial charge in [0.1, 0.15) is 0 Å². The molecule has 1 atom stereocenters. The molecule has 2 aromatic rings. The third-order valence-corrected chi connectivity index (χ3v) is 3.39. The lowest BCUT2D eigenvalue weighted by molar-refractivity contribution is 0.633. The molecule has 4 nitrogen and oxygen atoms in total. The van der Waals surface area contributed by atoms with Crippen molar-refractivity contribution in [3.63, 3.8) is 0 Å². The number of rotatable bonds is 4. The molecule has 4 heteroatoms. The Labute approximate surface area is 107 Å². The normalized spacial score (nSPS) is 19.0. The highest BCUT2D eigenvalue weighted by molar-refractivity contribution is 5.64. The van der Waals surface area contributed by atoms with Gasteiger partial charge >= 0.3 is 0 Å². The first-order chi connectivity index (χ1) is 8.92. The molecule has 1 aliphatic heterocycles. The van der Waals surface area contributed by atoms with E-state index in [1.54, 1.807) is 6.20 Å². The second-order valence-electron chi connectivity index (χ2n) is 4.73. The number of nitrogens with one attached hydrogen (secondary N) is 3. The fourth-order valence-electron chi connectivity index (χ4n) is 2.39. The first-order valence-electron chi connectivity index (χ1n) is 6.49. The first-order valence-corrected chi connectivity index (χ1v) is 6.49. The maximum atomic E-state index is 3.98. The van der Waals surface area contributed by atoms with Gasteiger partial charge in [-0.15, -0.1) is 0 Å². The predicted octanol–water partition coefficient (Wildman–Crippen LogP) is 2.24. The smallest absolute Gasteiger partial charge is 0.0650 e. The molecule has 1 aromatic carbocycles. The van der Waals surface area contributed by atoms with Gasteiger partial charge in [-0.05, 0) is 37.6 Å². The van der Waals surface area contributed by atoms with Crippen molar-refractivity contribution in [3.8, 4) is 11.3 Å². The number of nitrogens with zero attached hydrogens (tertiary/aromatic N) is 1. The fourth-order valence-corrected chi connectivity index (χ4v) is 2.39. The Balaban J connectivity index is 1.67. The summed E-state index contributed by atoms with van der Waals surface area (Å²) in [4.78, 5) is 0. The molecule has 0 spiro atoms. The molecule has 1 fully saturated rings. The summed E-state index contributed by atoms with van der Waals surface area (Å²) in [6, 6.07) is 11.0. The molecule has 0 saturated carbocycles. The zero-order valence-electron chi connectivity index (χ0n) is 10.3. The van der Waals surface area contributed by atoms with Gasteiger partial charge in [0, 0.05) is 30.0 Å². The lowest BCUT2D eigenvalue weighted by atomic mass is 10.1. The van der Waals surface area contributed by atoms with Gasteiger partial charge in [0.25, 0.3) is 0 Å². The van der Waals surface area contributed by atoms with Gasteiger partial charge in [-0.3, -0.25) is 5.10 Å². The number of benzene rings is 1. The van der Waals surface area contributed by atoms with Gasteiger partial charge in [0.05, 0.1) is 5.69 Å². The minimum absolute atomic E-state index is 0.612. The number of hydrogen-bond donors (Lipinski definition) is 3. The summed E-state index contributed by atoms with van der Waals surface area (Å²) in [5.41, 5.74) is 3.38. The fraction of sp³-hybridized carbons (Fsp3) is 0.357. The van der Waals surface area contributed by atoms with E-state index < -0.39 is 0 Å². The molecule has 18 heavy (non-hydrogen) atoms. The van der Waals surface area contributed by atoms with Crippen molar-refractivity contribution >= 4 is 5.69 Å². The van der Waals surface area contributed by atoms with Gasteiger partial charge in [-0.25, -0.2) is 0 Å². The van der Waals surface area contributed by atoms with Crippen molar-refractivity contribution < 1.29 is 0 Å². The minimum atomic E-state index is 0.612. The molecule has 1 unspecified atom stereocenters. The second-order valence-corrected chi connectivity index (χ2v) is 4.73.